The summed E-state index contributed by atoms with van der Waals surface area (Å²) in [4.78, 5) is 11.4. The minimum absolute atomic E-state index is 0.0169. The highest BCUT2D eigenvalue weighted by atomic mass is 79.9. The Bertz CT molecular complexity index is 630. The lowest BCUT2D eigenvalue weighted by Crippen LogP contribution is -2.30. The third-order valence-electron chi connectivity index (χ3n) is 2.89. The van der Waals surface area contributed by atoms with Crippen LogP contribution in [0, 0.1) is 0 Å². The third-order valence-corrected chi connectivity index (χ3v) is 5.70. The molecule has 1 aromatic carbocycles. The molecule has 0 bridgehead atoms. The number of likely N-dealkylation sites (N-methyl/N-ethyl adjacent to an activating group) is 1. The van der Waals surface area contributed by atoms with Crippen LogP contribution in [0.4, 0.5) is 5.69 Å². The van der Waals surface area contributed by atoms with Crippen molar-refractivity contribution >= 4 is 37.5 Å². The van der Waals surface area contributed by atoms with Gasteiger partial charge in [-0.3, -0.25) is 4.79 Å². The van der Waals surface area contributed by atoms with E-state index in [1.807, 2.05) is 0 Å². The number of nitrogens with zero attached hydrogens (tertiary/aromatic N) is 1. The van der Waals surface area contributed by atoms with Gasteiger partial charge in [0.1, 0.15) is 0 Å². The predicted molar refractivity (Wildman–Crippen MR) is 73.4 cm³/mol. The number of amides is 1. The fourth-order valence-corrected chi connectivity index (χ4v) is 4.06. The van der Waals surface area contributed by atoms with Crippen molar-refractivity contribution in [3.05, 3.63) is 22.2 Å². The normalized spacial score (nSPS) is 14.6. The van der Waals surface area contributed by atoms with E-state index in [1.54, 1.807) is 6.07 Å². The number of aliphatic hydroxyl groups excluding tert-OH is 1. The van der Waals surface area contributed by atoms with Gasteiger partial charge in [-0.25, -0.2) is 8.42 Å². The fraction of sp³-hybridized carbons (Fsp3) is 0.364. The molecule has 0 radical (unpaired) electrons. The van der Waals surface area contributed by atoms with E-state index in [-0.39, 0.29) is 30.4 Å². The molecule has 19 heavy (non-hydrogen) atoms. The lowest BCUT2D eigenvalue weighted by Gasteiger charge is -2.17. The molecule has 2 rings (SSSR count). The number of sulfonamides is 1. The van der Waals surface area contributed by atoms with Crippen molar-refractivity contribution in [2.24, 2.45) is 0 Å². The summed E-state index contributed by atoms with van der Waals surface area (Å²) in [5.41, 5.74) is 1.28. The van der Waals surface area contributed by atoms with Crippen LogP contribution in [0.2, 0.25) is 0 Å². The summed E-state index contributed by atoms with van der Waals surface area (Å²) in [6.07, 6.45) is 0.175. The quantitative estimate of drug-likeness (QED) is 0.832. The molecule has 0 unspecified atom stereocenters. The van der Waals surface area contributed by atoms with Crippen molar-refractivity contribution in [3.8, 4) is 0 Å². The zero-order valence-corrected chi connectivity index (χ0v) is 12.6. The average molecular weight is 349 g/mol. The number of halogens is 1. The Morgan fingerprint density at radius 3 is 2.79 bits per heavy atom. The van der Waals surface area contributed by atoms with Gasteiger partial charge in [-0.2, -0.15) is 4.31 Å². The molecule has 2 N–H and O–H groups in total. The van der Waals surface area contributed by atoms with Gasteiger partial charge in [0.05, 0.1) is 17.9 Å². The van der Waals surface area contributed by atoms with Gasteiger partial charge in [-0.1, -0.05) is 0 Å². The van der Waals surface area contributed by atoms with Crippen LogP contribution in [0.3, 0.4) is 0 Å². The Labute approximate surface area is 119 Å². The Balaban J connectivity index is 2.47. The molecule has 1 aliphatic heterocycles. The van der Waals surface area contributed by atoms with E-state index < -0.39 is 10.0 Å². The second kappa shape index (κ2) is 5.20. The number of anilines is 1. The van der Waals surface area contributed by atoms with Gasteiger partial charge in [0.25, 0.3) is 0 Å². The number of aliphatic hydroxyl groups is 1. The third kappa shape index (κ3) is 2.66. The topological polar surface area (TPSA) is 86.7 Å². The van der Waals surface area contributed by atoms with Gasteiger partial charge in [-0.05, 0) is 33.6 Å². The minimum atomic E-state index is -3.68. The lowest BCUT2D eigenvalue weighted by molar-refractivity contribution is -0.115. The summed E-state index contributed by atoms with van der Waals surface area (Å²) >= 11 is 3.21. The highest BCUT2D eigenvalue weighted by Crippen LogP contribution is 2.33. The molecule has 1 amide bonds. The minimum Gasteiger partial charge on any atom is -0.395 e. The molecule has 0 saturated carbocycles. The summed E-state index contributed by atoms with van der Waals surface area (Å²) in [7, 11) is -2.29. The number of carbonyl (C=O) groups excluding carboxylic acids is 1. The van der Waals surface area contributed by atoms with Gasteiger partial charge in [0.15, 0.2) is 0 Å². The van der Waals surface area contributed by atoms with Crippen LogP contribution in [0.15, 0.2) is 21.5 Å². The van der Waals surface area contributed by atoms with E-state index >= 15 is 0 Å². The SMILES string of the molecule is CN(CCO)S(=O)(=O)c1cc2c(cc1Br)NC(=O)C2. The van der Waals surface area contributed by atoms with Crippen LogP contribution in [0.1, 0.15) is 5.56 Å². The van der Waals surface area contributed by atoms with Gasteiger partial charge >= 0.3 is 0 Å². The van der Waals surface area contributed by atoms with E-state index in [9.17, 15) is 13.2 Å². The second-order valence-corrected chi connectivity index (χ2v) is 7.08. The molecule has 0 saturated heterocycles. The molecule has 1 heterocycles. The van der Waals surface area contributed by atoms with Crippen LogP contribution >= 0.6 is 15.9 Å². The molecule has 0 aliphatic carbocycles. The monoisotopic (exact) mass is 348 g/mol. The molecule has 0 spiro atoms. The smallest absolute Gasteiger partial charge is 0.244 e. The van der Waals surface area contributed by atoms with Crippen LogP contribution in [0.5, 0.6) is 0 Å². The molecule has 104 valence electrons. The van der Waals surface area contributed by atoms with Crippen molar-refractivity contribution < 1.29 is 18.3 Å². The first-order valence-corrected chi connectivity index (χ1v) is 7.79. The number of nitrogens with one attached hydrogen (secondary N) is 1. The predicted octanol–water partition coefficient (Wildman–Crippen LogP) is 0.556. The van der Waals surface area contributed by atoms with E-state index in [0.717, 1.165) is 4.31 Å². The Morgan fingerprint density at radius 1 is 1.47 bits per heavy atom. The summed E-state index contributed by atoms with van der Waals surface area (Å²) in [5.74, 6) is -0.153. The molecule has 0 fully saturated rings. The Morgan fingerprint density at radius 2 is 2.16 bits per heavy atom. The van der Waals surface area contributed by atoms with Gasteiger partial charge in [0.2, 0.25) is 15.9 Å². The number of fused-ring (bicyclic) bond motifs is 1. The molecule has 1 aromatic rings. The van der Waals surface area contributed by atoms with E-state index in [4.69, 9.17) is 5.11 Å². The summed E-state index contributed by atoms with van der Waals surface area (Å²) < 4.78 is 26.1. The van der Waals surface area contributed by atoms with E-state index in [2.05, 4.69) is 21.2 Å². The van der Waals surface area contributed by atoms with E-state index in [1.165, 1.54) is 13.1 Å². The van der Waals surface area contributed by atoms with Crippen molar-refractivity contribution in [1.29, 1.82) is 0 Å². The van der Waals surface area contributed by atoms with Gasteiger partial charge in [-0.15, -0.1) is 0 Å². The maximum absolute atomic E-state index is 12.3. The maximum Gasteiger partial charge on any atom is 0.244 e. The molecular weight excluding hydrogens is 336 g/mol. The number of rotatable bonds is 4. The highest BCUT2D eigenvalue weighted by Gasteiger charge is 2.27. The first kappa shape index (κ1) is 14.4. The van der Waals surface area contributed by atoms with Gasteiger partial charge < -0.3 is 10.4 Å². The standard InChI is InChI=1S/C11H13BrN2O4S/c1-14(2-3-15)19(17,18)10-4-7-5-11(16)13-9(7)6-8(10)12/h4,6,15H,2-3,5H2,1H3,(H,13,16). The first-order chi connectivity index (χ1) is 8.86. The summed E-state index contributed by atoms with van der Waals surface area (Å²) in [6, 6.07) is 3.07. The van der Waals surface area contributed by atoms with Crippen molar-refractivity contribution in [1.82, 2.24) is 4.31 Å². The average Bonchev–Trinajstić information content (AvgIpc) is 2.67. The summed E-state index contributed by atoms with van der Waals surface area (Å²) in [6.45, 7) is -0.235. The van der Waals surface area contributed by atoms with Crippen LogP contribution in [-0.2, 0) is 21.2 Å². The van der Waals surface area contributed by atoms with E-state index in [0.29, 0.717) is 15.7 Å². The number of benzene rings is 1. The zero-order chi connectivity index (χ0) is 14.2. The number of carbonyl (C=O) groups is 1. The van der Waals surface area contributed by atoms with Crippen LogP contribution < -0.4 is 5.32 Å². The van der Waals surface area contributed by atoms with Gasteiger partial charge in [0, 0.05) is 23.8 Å². The summed E-state index contributed by atoms with van der Waals surface area (Å²) in [5, 5.41) is 11.5. The molecule has 0 atom stereocenters. The molecule has 1 aliphatic rings. The molecule has 6 nitrogen and oxygen atoms in total. The first-order valence-electron chi connectivity index (χ1n) is 5.55. The van der Waals surface area contributed by atoms with Crippen LogP contribution in [0.25, 0.3) is 0 Å². The maximum atomic E-state index is 12.3. The van der Waals surface area contributed by atoms with Crippen LogP contribution in [-0.4, -0.2) is 43.9 Å². The largest absolute Gasteiger partial charge is 0.395 e. The number of hydrogen-bond acceptors (Lipinski definition) is 4. The zero-order valence-electron chi connectivity index (χ0n) is 10.2. The highest BCUT2D eigenvalue weighted by molar-refractivity contribution is 9.10. The molecule has 0 aromatic heterocycles. The Kier molecular flexibility index (Phi) is 3.95. The molecule has 8 heteroatoms. The number of hydrogen-bond donors (Lipinski definition) is 2. The van der Waals surface area contributed by atoms with Crippen molar-refractivity contribution in [3.63, 3.8) is 0 Å². The van der Waals surface area contributed by atoms with Crippen molar-refractivity contribution in [2.45, 2.75) is 11.3 Å². The van der Waals surface area contributed by atoms with Crippen molar-refractivity contribution in [2.75, 3.05) is 25.5 Å². The second-order valence-electron chi connectivity index (χ2n) is 4.21. The Hall–Kier alpha value is -0.960. The fourth-order valence-electron chi connectivity index (χ4n) is 1.85. The molecular formula is C11H13BrN2O4S. The lowest BCUT2D eigenvalue weighted by atomic mass is 10.2.